The number of hydrogen-bond donors (Lipinski definition) is 0. The molecule has 0 bridgehead atoms. The zero-order chi connectivity index (χ0) is 54.2. The van der Waals surface area contributed by atoms with E-state index in [1.54, 1.807) is 72.8 Å². The van der Waals surface area contributed by atoms with E-state index in [9.17, 15) is 28.8 Å². The number of ether oxygens (including phenoxy) is 8. The lowest BCUT2D eigenvalue weighted by atomic mass is 9.82. The molecule has 0 atom stereocenters. The van der Waals surface area contributed by atoms with Crippen molar-refractivity contribution < 1.29 is 66.7 Å². The van der Waals surface area contributed by atoms with E-state index in [2.05, 4.69) is 13.2 Å². The molecular formula is C61H67NO14S. The molecule has 406 valence electrons. The number of rotatable bonds is 28. The number of thiazole rings is 1. The molecule has 1 heterocycles. The fraction of sp³-hybridized carbons (Fsp3) is 0.393. The molecule has 2 fully saturated rings. The van der Waals surface area contributed by atoms with Crippen molar-refractivity contribution in [3.63, 3.8) is 0 Å². The zero-order valence-electron chi connectivity index (χ0n) is 43.4. The van der Waals surface area contributed by atoms with E-state index in [-0.39, 0.29) is 29.5 Å². The average Bonchev–Trinajstić information content (AvgIpc) is 3.88. The summed E-state index contributed by atoms with van der Waals surface area (Å²) in [6.07, 6.45) is 16.6. The van der Waals surface area contributed by atoms with Gasteiger partial charge in [-0.15, -0.1) is 11.3 Å². The smallest absolute Gasteiger partial charge is 0.330 e. The van der Waals surface area contributed by atoms with Crippen molar-refractivity contribution >= 4 is 69.5 Å². The number of aromatic nitrogens is 1. The Morgan fingerprint density at radius 1 is 0.468 bits per heavy atom. The van der Waals surface area contributed by atoms with Crippen molar-refractivity contribution in [2.45, 2.75) is 103 Å². The van der Waals surface area contributed by atoms with Gasteiger partial charge in [0, 0.05) is 17.7 Å². The van der Waals surface area contributed by atoms with Crippen molar-refractivity contribution in [1.82, 2.24) is 4.98 Å². The number of benzene rings is 4. The molecule has 4 aromatic carbocycles. The molecular weight excluding hydrogens is 1000 g/mol. The van der Waals surface area contributed by atoms with E-state index in [0.29, 0.717) is 112 Å². The van der Waals surface area contributed by atoms with E-state index in [1.807, 2.05) is 30.3 Å². The van der Waals surface area contributed by atoms with Crippen LogP contribution in [0.15, 0.2) is 116 Å². The molecule has 2 aliphatic carbocycles. The minimum atomic E-state index is -0.432. The summed E-state index contributed by atoms with van der Waals surface area (Å²) >= 11 is 1.52. The molecule has 15 nitrogen and oxygen atoms in total. The first-order valence-electron chi connectivity index (χ1n) is 26.6. The molecule has 0 unspecified atom stereocenters. The van der Waals surface area contributed by atoms with Gasteiger partial charge in [-0.1, -0.05) is 25.3 Å². The second-order valence-corrected chi connectivity index (χ2v) is 20.1. The van der Waals surface area contributed by atoms with Crippen LogP contribution in [0.2, 0.25) is 0 Å². The Bertz CT molecular complexity index is 2770. The highest BCUT2D eigenvalue weighted by Gasteiger charge is 2.34. The first-order chi connectivity index (χ1) is 37.5. The fourth-order valence-corrected chi connectivity index (χ4v) is 9.89. The van der Waals surface area contributed by atoms with Gasteiger partial charge < -0.3 is 37.9 Å². The third-order valence-electron chi connectivity index (χ3n) is 13.4. The molecule has 0 saturated heterocycles. The molecule has 16 heteroatoms. The minimum Gasteiger partial charge on any atom is -0.494 e. The number of nitrogens with zero attached hydrogens (tertiary/aromatic N) is 1. The molecule has 2 saturated carbocycles. The summed E-state index contributed by atoms with van der Waals surface area (Å²) in [6.45, 7) is 8.59. The van der Waals surface area contributed by atoms with Crippen LogP contribution in [0.4, 0.5) is 0 Å². The van der Waals surface area contributed by atoms with E-state index in [4.69, 9.17) is 42.9 Å². The Balaban J connectivity index is 0.852. The van der Waals surface area contributed by atoms with Gasteiger partial charge in [0.2, 0.25) is 0 Å². The van der Waals surface area contributed by atoms with Gasteiger partial charge >= 0.3 is 35.8 Å². The number of carbonyl (C=O) groups is 6. The van der Waals surface area contributed by atoms with Crippen molar-refractivity contribution in [3.05, 3.63) is 127 Å². The summed E-state index contributed by atoms with van der Waals surface area (Å²) in [5.41, 5.74) is 1.38. The number of esters is 6. The number of hydrogen-bond acceptors (Lipinski definition) is 16. The van der Waals surface area contributed by atoms with Crippen LogP contribution in [0.25, 0.3) is 22.4 Å². The Morgan fingerprint density at radius 2 is 0.870 bits per heavy atom. The van der Waals surface area contributed by atoms with Gasteiger partial charge in [0.1, 0.15) is 39.5 Å². The summed E-state index contributed by atoms with van der Waals surface area (Å²) in [4.78, 5) is 80.6. The monoisotopic (exact) mass is 1070 g/mol. The molecule has 7 rings (SSSR count). The lowest BCUT2D eigenvalue weighted by Gasteiger charge is -2.26. The van der Waals surface area contributed by atoms with E-state index in [0.717, 1.165) is 78.7 Å². The second kappa shape index (κ2) is 30.2. The van der Waals surface area contributed by atoms with Gasteiger partial charge in [-0.25, -0.2) is 14.6 Å². The van der Waals surface area contributed by atoms with E-state index in [1.165, 1.54) is 11.3 Å². The third-order valence-corrected chi connectivity index (χ3v) is 14.4. The summed E-state index contributed by atoms with van der Waals surface area (Å²) < 4.78 is 46.0. The van der Waals surface area contributed by atoms with E-state index >= 15 is 0 Å². The number of unbranched alkanes of at least 4 members (excludes halogenated alkanes) is 6. The quantitative estimate of drug-likeness (QED) is 0.0199. The van der Waals surface area contributed by atoms with Crippen molar-refractivity contribution in [3.8, 4) is 34.5 Å². The highest BCUT2D eigenvalue weighted by atomic mass is 32.1. The van der Waals surface area contributed by atoms with Crippen molar-refractivity contribution in [1.29, 1.82) is 0 Å². The second-order valence-electron chi connectivity index (χ2n) is 19.0. The zero-order valence-corrected chi connectivity index (χ0v) is 44.2. The Labute approximate surface area is 453 Å². The van der Waals surface area contributed by atoms with Crippen molar-refractivity contribution in [2.75, 3.05) is 26.4 Å². The normalized spacial score (nSPS) is 17.1. The maximum absolute atomic E-state index is 13.7. The van der Waals surface area contributed by atoms with Crippen LogP contribution in [-0.2, 0) is 38.2 Å². The maximum Gasteiger partial charge on any atom is 0.330 e. The lowest BCUT2D eigenvalue weighted by Crippen LogP contribution is -2.30. The molecule has 0 amide bonds. The van der Waals surface area contributed by atoms with Gasteiger partial charge in [0.05, 0.1) is 60.3 Å². The number of para-hydroxylation sites is 1. The van der Waals surface area contributed by atoms with Gasteiger partial charge in [0.25, 0.3) is 0 Å². The van der Waals surface area contributed by atoms with E-state index < -0.39 is 35.7 Å². The molecule has 2 aliphatic rings. The van der Waals surface area contributed by atoms with Gasteiger partial charge in [-0.2, -0.15) is 0 Å². The van der Waals surface area contributed by atoms with Gasteiger partial charge in [-0.3, -0.25) is 19.2 Å². The molecule has 0 aliphatic heterocycles. The predicted molar refractivity (Wildman–Crippen MR) is 292 cm³/mol. The van der Waals surface area contributed by atoms with Crippen LogP contribution in [-0.4, -0.2) is 67.2 Å². The highest BCUT2D eigenvalue weighted by Crippen LogP contribution is 2.36. The van der Waals surface area contributed by atoms with Crippen LogP contribution in [0, 0.1) is 23.7 Å². The van der Waals surface area contributed by atoms with Gasteiger partial charge in [-0.05, 0) is 194 Å². The summed E-state index contributed by atoms with van der Waals surface area (Å²) in [5, 5.41) is 0.744. The molecule has 0 N–H and O–H groups in total. The Hall–Kier alpha value is -7.59. The first-order valence-corrected chi connectivity index (χ1v) is 27.4. The molecule has 0 spiro atoms. The van der Waals surface area contributed by atoms with Crippen LogP contribution in [0.5, 0.6) is 34.5 Å². The highest BCUT2D eigenvalue weighted by molar-refractivity contribution is 7.19. The maximum atomic E-state index is 13.7. The van der Waals surface area contributed by atoms with Crippen LogP contribution in [0.3, 0.4) is 0 Å². The number of carbonyl (C=O) groups excluding carboxylic acids is 6. The molecule has 1 aromatic heterocycles. The third kappa shape index (κ3) is 18.6. The first kappa shape index (κ1) is 57.1. The van der Waals surface area contributed by atoms with Crippen LogP contribution in [0.1, 0.15) is 113 Å². The Morgan fingerprint density at radius 3 is 1.32 bits per heavy atom. The molecule has 0 radical (unpaired) electrons. The molecule has 5 aromatic rings. The SMILES string of the molecule is C=CC(=O)OCCCCCCOc1ccc(OC(=O)C2CCC(C(=O)Oc3ccc(OC(=O)C4CCC(C(=O)Oc5ccc(OCCCCCCOC(=O)C=C)cc5)CC4)c(/C=C/c4nc5ccccc5s4)c3)CC2)cc1. The largest absolute Gasteiger partial charge is 0.494 e. The summed E-state index contributed by atoms with van der Waals surface area (Å²) in [7, 11) is 0. The number of fused-ring (bicyclic) bond motifs is 1. The van der Waals surface area contributed by atoms with Crippen LogP contribution < -0.4 is 28.4 Å². The average molecular weight is 1070 g/mol. The standard InChI is InChI=1S/C61H67NO14S/c1-3-56(63)71-39-13-7-5-11-37-69-47-26-30-49(31-27-47)73-58(65)42-17-19-44(20-18-42)60(67)75-51-34-35-53(46(41-51)25-36-55-62-52-15-9-10-16-54(52)77-55)76-61(68)45-23-21-43(22-24-45)59(66)74-50-32-28-48(29-33-50)70-38-12-6-8-14-40-72-57(64)4-2/h3-4,9-10,15-16,25-36,41-45H,1-2,5-8,11-14,17-24,37-40H2/b36-25+. The summed E-state index contributed by atoms with van der Waals surface area (Å²) in [5.74, 6) is -1.17. The van der Waals surface area contributed by atoms with Crippen molar-refractivity contribution in [2.24, 2.45) is 23.7 Å². The predicted octanol–water partition coefficient (Wildman–Crippen LogP) is 12.4. The minimum absolute atomic E-state index is 0.284. The Kier molecular flexibility index (Phi) is 22.4. The van der Waals surface area contributed by atoms with Gasteiger partial charge in [0.15, 0.2) is 0 Å². The lowest BCUT2D eigenvalue weighted by molar-refractivity contribution is -0.145. The van der Waals surface area contributed by atoms with Crippen LogP contribution >= 0.6 is 11.3 Å². The molecule has 77 heavy (non-hydrogen) atoms. The summed E-state index contributed by atoms with van der Waals surface area (Å²) in [6, 6.07) is 26.6. The topological polar surface area (TPSA) is 189 Å². The fourth-order valence-electron chi connectivity index (χ4n) is 9.02.